The fourth-order valence-corrected chi connectivity index (χ4v) is 3.44. The first kappa shape index (κ1) is 13.4. The largest absolute Gasteiger partial charge is 0.224 e. The molecule has 0 amide bonds. The lowest BCUT2D eigenvalue weighted by molar-refractivity contribution is 0.572. The van der Waals surface area contributed by atoms with Crippen LogP contribution in [-0.4, -0.2) is 27.3 Å². The third-order valence-corrected chi connectivity index (χ3v) is 6.15. The Morgan fingerprint density at radius 3 is 1.21 bits per heavy atom. The molecule has 0 N–H and O–H groups in total. The van der Waals surface area contributed by atoms with Gasteiger partial charge in [-0.15, -0.1) is 0 Å². The molecule has 2 atom stereocenters. The first-order valence-corrected chi connectivity index (χ1v) is 7.13. The van der Waals surface area contributed by atoms with Crippen molar-refractivity contribution in [3.05, 3.63) is 24.0 Å². The van der Waals surface area contributed by atoms with Crippen molar-refractivity contribution in [1.82, 2.24) is 0 Å². The van der Waals surface area contributed by atoms with Gasteiger partial charge in [0.25, 0.3) is 0 Å². The maximum absolute atomic E-state index is 11.3. The quantitative estimate of drug-likeness (QED) is 0.713. The van der Waals surface area contributed by atoms with E-state index in [4.69, 9.17) is 0 Å². The predicted octanol–water partition coefficient (Wildman–Crippen LogP) is 0.880. The van der Waals surface area contributed by atoms with Gasteiger partial charge in [0.2, 0.25) is 0 Å². The highest BCUT2D eigenvalue weighted by molar-refractivity contribution is 7.98. The Labute approximate surface area is 85.2 Å². The minimum atomic E-state index is -3.55. The summed E-state index contributed by atoms with van der Waals surface area (Å²) >= 11 is 0. The molecule has 0 aliphatic rings. The highest BCUT2D eigenvalue weighted by Gasteiger charge is 2.31. The minimum absolute atomic E-state index is 0.771. The Morgan fingerprint density at radius 2 is 1.07 bits per heavy atom. The Balaban J connectivity index is 5.20. The van der Waals surface area contributed by atoms with Crippen LogP contribution < -0.4 is 0 Å². The lowest BCUT2D eigenvalue weighted by atomic mass is 10.4. The molecule has 0 rings (SSSR count). The average molecular weight is 238 g/mol. The van der Waals surface area contributed by atoms with Gasteiger partial charge >= 0.3 is 0 Å². The Morgan fingerprint density at radius 1 is 0.857 bits per heavy atom. The van der Waals surface area contributed by atoms with Gasteiger partial charge in [0.1, 0.15) is 0 Å². The highest BCUT2D eigenvalue weighted by Crippen LogP contribution is 2.15. The summed E-state index contributed by atoms with van der Waals surface area (Å²) in [6.45, 7) is 8.94. The van der Waals surface area contributed by atoms with Crippen molar-refractivity contribution in [3.63, 3.8) is 0 Å². The summed E-state index contributed by atoms with van der Waals surface area (Å²) in [7, 11) is -7.11. The van der Waals surface area contributed by atoms with E-state index in [0.717, 1.165) is 10.8 Å². The van der Waals surface area contributed by atoms with Crippen molar-refractivity contribution in [1.29, 1.82) is 0 Å². The van der Waals surface area contributed by atoms with Crippen molar-refractivity contribution < 1.29 is 16.8 Å². The molecule has 0 aromatic carbocycles. The van der Waals surface area contributed by atoms with Crippen molar-refractivity contribution in [2.24, 2.45) is 0 Å². The summed E-state index contributed by atoms with van der Waals surface area (Å²) in [6.07, 6.45) is 0. The van der Waals surface area contributed by atoms with Crippen LogP contribution in [0.2, 0.25) is 0 Å². The average Bonchev–Trinajstić information content (AvgIpc) is 2.15. The molecule has 0 saturated carbocycles. The van der Waals surface area contributed by atoms with E-state index >= 15 is 0 Å². The molecular weight excluding hydrogens is 224 g/mol. The lowest BCUT2D eigenvalue weighted by Gasteiger charge is -2.16. The topological polar surface area (TPSA) is 68.3 Å². The molecule has 82 valence electrons. The SMILES string of the molecule is C=CS(=O)(=O)C(C)[C@H](C)S(=O)(=O)C=C. The van der Waals surface area contributed by atoms with Crippen LogP contribution in [-0.2, 0) is 19.7 Å². The molecule has 1 unspecified atom stereocenters. The van der Waals surface area contributed by atoms with Gasteiger partial charge in [-0.25, -0.2) is 16.8 Å². The maximum Gasteiger partial charge on any atom is 0.174 e. The van der Waals surface area contributed by atoms with Crippen LogP contribution in [0.4, 0.5) is 0 Å². The van der Waals surface area contributed by atoms with Crippen LogP contribution in [0.3, 0.4) is 0 Å². The van der Waals surface area contributed by atoms with Crippen LogP contribution >= 0.6 is 0 Å². The van der Waals surface area contributed by atoms with Gasteiger partial charge in [-0.2, -0.15) is 0 Å². The second kappa shape index (κ2) is 4.27. The second-order valence-corrected chi connectivity index (χ2v) is 7.43. The number of hydrogen-bond donors (Lipinski definition) is 0. The summed E-state index contributed by atoms with van der Waals surface area (Å²) in [6, 6.07) is 0. The third kappa shape index (κ3) is 2.68. The summed E-state index contributed by atoms with van der Waals surface area (Å²) in [5.41, 5.74) is 0. The summed E-state index contributed by atoms with van der Waals surface area (Å²) in [5.74, 6) is 0. The molecular formula is C8H14O4S2. The first-order valence-electron chi connectivity index (χ1n) is 3.91. The second-order valence-electron chi connectivity index (χ2n) is 2.92. The van der Waals surface area contributed by atoms with Crippen molar-refractivity contribution in [2.45, 2.75) is 24.3 Å². The van der Waals surface area contributed by atoms with Gasteiger partial charge < -0.3 is 0 Å². The van der Waals surface area contributed by atoms with Crippen LogP contribution in [0.5, 0.6) is 0 Å². The molecule has 14 heavy (non-hydrogen) atoms. The minimum Gasteiger partial charge on any atom is -0.224 e. The molecule has 6 heteroatoms. The van der Waals surface area contributed by atoms with Gasteiger partial charge in [-0.1, -0.05) is 13.2 Å². The molecule has 0 spiro atoms. The molecule has 0 heterocycles. The highest BCUT2D eigenvalue weighted by atomic mass is 32.2. The number of sulfone groups is 2. The van der Waals surface area contributed by atoms with Gasteiger partial charge in [0, 0.05) is 10.8 Å². The molecule has 4 nitrogen and oxygen atoms in total. The molecule has 0 bridgehead atoms. The van der Waals surface area contributed by atoms with E-state index in [1.54, 1.807) is 0 Å². The Kier molecular flexibility index (Phi) is 4.08. The van der Waals surface area contributed by atoms with Crippen molar-refractivity contribution in [2.75, 3.05) is 0 Å². The normalized spacial score (nSPS) is 17.0. The standard InChI is InChI=1S/C8H14O4S2/c1-5-13(9,10)7(3)8(4)14(11,12)6-2/h5-8H,1-2H2,3-4H3/t7-,8?/m0/s1. The molecule has 0 aromatic heterocycles. The van der Waals surface area contributed by atoms with Crippen LogP contribution in [0, 0.1) is 0 Å². The zero-order valence-corrected chi connectivity index (χ0v) is 9.81. The molecule has 0 aromatic rings. The zero-order valence-electron chi connectivity index (χ0n) is 8.17. The van der Waals surface area contributed by atoms with Gasteiger partial charge in [-0.3, -0.25) is 0 Å². The summed E-state index contributed by atoms with van der Waals surface area (Å²) < 4.78 is 45.1. The Bertz CT molecular complexity index is 374. The fourth-order valence-electron chi connectivity index (χ4n) is 0.838. The first-order chi connectivity index (χ1) is 6.19. The van der Waals surface area contributed by atoms with Crippen LogP contribution in [0.1, 0.15) is 13.8 Å². The van der Waals surface area contributed by atoms with Crippen LogP contribution in [0.25, 0.3) is 0 Å². The van der Waals surface area contributed by atoms with E-state index in [1.165, 1.54) is 13.8 Å². The summed E-state index contributed by atoms with van der Waals surface area (Å²) in [5, 5.41) is -0.481. The van der Waals surface area contributed by atoms with E-state index in [2.05, 4.69) is 13.2 Å². The number of rotatable bonds is 5. The van der Waals surface area contributed by atoms with Gasteiger partial charge in [-0.05, 0) is 13.8 Å². The molecule has 0 aliphatic heterocycles. The molecule has 0 radical (unpaired) electrons. The fraction of sp³-hybridized carbons (Fsp3) is 0.500. The lowest BCUT2D eigenvalue weighted by Crippen LogP contribution is -2.33. The smallest absolute Gasteiger partial charge is 0.174 e. The summed E-state index contributed by atoms with van der Waals surface area (Å²) in [4.78, 5) is 0. The molecule has 0 fully saturated rings. The van der Waals surface area contributed by atoms with E-state index in [0.29, 0.717) is 0 Å². The van der Waals surface area contributed by atoms with E-state index in [-0.39, 0.29) is 0 Å². The maximum atomic E-state index is 11.3. The molecule has 0 saturated heterocycles. The Hall–Kier alpha value is -0.620. The van der Waals surface area contributed by atoms with Gasteiger partial charge in [0.05, 0.1) is 10.5 Å². The molecule has 0 aliphatic carbocycles. The zero-order chi connectivity index (χ0) is 11.6. The van der Waals surface area contributed by atoms with Gasteiger partial charge in [0.15, 0.2) is 19.7 Å². The third-order valence-electron chi connectivity index (χ3n) is 2.16. The van der Waals surface area contributed by atoms with Crippen LogP contribution in [0.15, 0.2) is 24.0 Å². The van der Waals surface area contributed by atoms with E-state index in [9.17, 15) is 16.8 Å². The van der Waals surface area contributed by atoms with Crippen molar-refractivity contribution in [3.8, 4) is 0 Å². The van der Waals surface area contributed by atoms with E-state index in [1.807, 2.05) is 0 Å². The van der Waals surface area contributed by atoms with E-state index < -0.39 is 30.2 Å². The number of hydrogen-bond acceptors (Lipinski definition) is 4. The monoisotopic (exact) mass is 238 g/mol. The predicted molar refractivity (Wildman–Crippen MR) is 57.2 cm³/mol. The van der Waals surface area contributed by atoms with Crippen molar-refractivity contribution >= 4 is 19.7 Å².